The maximum Gasteiger partial charge on any atom is 0.480 e. The van der Waals surface area contributed by atoms with Crippen LogP contribution in [-0.4, -0.2) is 27.9 Å². The molecule has 1 aromatic heterocycles. The first-order chi connectivity index (χ1) is 14.0. The second kappa shape index (κ2) is 12.0. The molecule has 1 aromatic rings. The molecule has 0 N–H and O–H groups in total. The van der Waals surface area contributed by atoms with E-state index in [0.29, 0.717) is 0 Å². The van der Waals surface area contributed by atoms with Gasteiger partial charge in [0.05, 0.1) is 0 Å². The zero-order chi connectivity index (χ0) is 24.5. The Kier molecular flexibility index (Phi) is 11.5. The van der Waals surface area contributed by atoms with E-state index in [9.17, 15) is 43.2 Å². The Morgan fingerprint density at radius 1 is 0.839 bits per heavy atom. The van der Waals surface area contributed by atoms with Gasteiger partial charge in [-0.3, -0.25) is 0 Å². The van der Waals surface area contributed by atoms with Gasteiger partial charge in [0.15, 0.2) is 31.9 Å². The molecule has 0 saturated carbocycles. The zero-order valence-corrected chi connectivity index (χ0v) is 18.9. The van der Waals surface area contributed by atoms with E-state index < -0.39 is 31.1 Å². The highest BCUT2D eigenvalue weighted by Gasteiger charge is 2.46. The highest BCUT2D eigenvalue weighted by atomic mass is 32.3. The van der Waals surface area contributed by atoms with Crippen molar-refractivity contribution in [3.8, 4) is 0 Å². The van der Waals surface area contributed by atoms with Gasteiger partial charge in [0.2, 0.25) is 0 Å². The second-order valence-electron chi connectivity index (χ2n) is 6.65. The minimum Gasteiger partial charge on any atom is -0.421 e. The highest BCUT2D eigenvalue weighted by molar-refractivity contribution is 8.13. The number of alkyl halides is 6. The Bertz CT molecular complexity index is 856. The molecule has 0 aromatic carbocycles. The molecule has 0 atom stereocenters. The third kappa shape index (κ3) is 10.2. The SMILES string of the molecule is CCCCCCCC[n+]1cccc(C)c1C.O=S(=O)([N-]S(=O)(=O)C(F)(F)F)C(F)(F)F. The Labute approximate surface area is 178 Å². The summed E-state index contributed by atoms with van der Waals surface area (Å²) in [6.07, 6.45) is 10.4. The van der Waals surface area contributed by atoms with Crippen molar-refractivity contribution in [1.82, 2.24) is 0 Å². The number of sulfonamides is 2. The van der Waals surface area contributed by atoms with E-state index in [1.165, 1.54) is 56.3 Å². The van der Waals surface area contributed by atoms with Gasteiger partial charge in [-0.25, -0.2) is 21.4 Å². The largest absolute Gasteiger partial charge is 0.480 e. The fraction of sp³-hybridized carbons (Fsp3) is 0.706. The summed E-state index contributed by atoms with van der Waals surface area (Å²) in [7, 11) is -13.4. The molecule has 0 aliphatic heterocycles. The number of rotatable bonds is 9. The lowest BCUT2D eigenvalue weighted by molar-refractivity contribution is -0.703. The summed E-state index contributed by atoms with van der Waals surface area (Å²) in [5.41, 5.74) is -9.60. The van der Waals surface area contributed by atoms with Crippen molar-refractivity contribution in [2.24, 2.45) is 0 Å². The van der Waals surface area contributed by atoms with Crippen molar-refractivity contribution < 1.29 is 47.7 Å². The number of unbranched alkanes of at least 4 members (excludes halogenated alkanes) is 5. The van der Waals surface area contributed by atoms with E-state index in [1.807, 2.05) is 0 Å². The molecule has 0 aliphatic carbocycles. The first-order valence-electron chi connectivity index (χ1n) is 9.28. The number of hydrogen-bond donors (Lipinski definition) is 0. The summed E-state index contributed by atoms with van der Waals surface area (Å²) in [5.74, 6) is 0. The minimum atomic E-state index is -6.72. The highest BCUT2D eigenvalue weighted by Crippen LogP contribution is 2.36. The molecule has 182 valence electrons. The quantitative estimate of drug-likeness (QED) is 0.271. The third-order valence-corrected chi connectivity index (χ3v) is 6.89. The summed E-state index contributed by atoms with van der Waals surface area (Å²) >= 11 is 0. The average Bonchev–Trinajstić information content (AvgIpc) is 2.59. The lowest BCUT2D eigenvalue weighted by atomic mass is 10.1. The predicted octanol–water partition coefficient (Wildman–Crippen LogP) is 5.01. The van der Waals surface area contributed by atoms with Gasteiger partial charge in [-0.05, 0) is 19.4 Å². The van der Waals surface area contributed by atoms with Crippen molar-refractivity contribution in [2.75, 3.05) is 0 Å². The molecule has 0 unspecified atom stereocenters. The monoisotopic (exact) mass is 500 g/mol. The molecule has 1 rings (SSSR count). The molecule has 14 heteroatoms. The summed E-state index contributed by atoms with van der Waals surface area (Å²) < 4.78 is 112. The van der Waals surface area contributed by atoms with Crippen molar-refractivity contribution in [3.05, 3.63) is 33.7 Å². The van der Waals surface area contributed by atoms with Gasteiger partial charge in [0, 0.05) is 25.0 Å². The van der Waals surface area contributed by atoms with Crippen LogP contribution in [0.1, 0.15) is 56.7 Å². The second-order valence-corrected chi connectivity index (χ2v) is 10.1. The molecule has 0 saturated heterocycles. The zero-order valence-electron chi connectivity index (χ0n) is 17.3. The lowest BCUT2D eigenvalue weighted by Gasteiger charge is -2.22. The predicted molar refractivity (Wildman–Crippen MR) is 103 cm³/mol. The summed E-state index contributed by atoms with van der Waals surface area (Å²) in [5, 5.41) is 0. The molecule has 31 heavy (non-hydrogen) atoms. The van der Waals surface area contributed by atoms with Gasteiger partial charge in [0.1, 0.15) is 6.54 Å². The molecule has 0 aliphatic rings. The average molecular weight is 501 g/mol. The maximum atomic E-state index is 11.4. The Morgan fingerprint density at radius 2 is 1.29 bits per heavy atom. The topological polar surface area (TPSA) is 86.3 Å². The van der Waals surface area contributed by atoms with Crippen LogP contribution in [-0.2, 0) is 26.6 Å². The number of pyridine rings is 1. The van der Waals surface area contributed by atoms with Crippen LogP contribution < -0.4 is 4.57 Å². The maximum absolute atomic E-state index is 11.4. The summed E-state index contributed by atoms with van der Waals surface area (Å²) in [6, 6.07) is 4.34. The summed E-state index contributed by atoms with van der Waals surface area (Å²) in [4.78, 5) is 0. The van der Waals surface area contributed by atoms with Crippen LogP contribution in [0.5, 0.6) is 0 Å². The molecular formula is C17H26F6N2O4S2. The number of aromatic nitrogens is 1. The van der Waals surface area contributed by atoms with Gasteiger partial charge >= 0.3 is 11.0 Å². The van der Waals surface area contributed by atoms with E-state index in [4.69, 9.17) is 0 Å². The van der Waals surface area contributed by atoms with Crippen LogP contribution in [0.2, 0.25) is 0 Å². The first-order valence-corrected chi connectivity index (χ1v) is 12.2. The molecule has 6 nitrogen and oxygen atoms in total. The van der Waals surface area contributed by atoms with Gasteiger partial charge < -0.3 is 4.13 Å². The third-order valence-electron chi connectivity index (χ3n) is 4.15. The van der Waals surface area contributed by atoms with Crippen LogP contribution in [0.15, 0.2) is 18.3 Å². The van der Waals surface area contributed by atoms with Crippen LogP contribution in [0, 0.1) is 13.8 Å². The molecule has 0 amide bonds. The fourth-order valence-corrected chi connectivity index (χ4v) is 3.98. The van der Waals surface area contributed by atoms with E-state index >= 15 is 0 Å². The standard InChI is InChI=1S/C15H26N.C2F6NO4S2/c1-4-5-6-7-8-9-12-16-13-10-11-14(2)15(16)3;3-1(4,5)14(10,11)9-15(12,13)2(6,7)8/h10-11,13H,4-9,12H2,1-3H3;/q+1;-1. The van der Waals surface area contributed by atoms with E-state index in [2.05, 4.69) is 43.7 Å². The van der Waals surface area contributed by atoms with Crippen LogP contribution in [0.4, 0.5) is 26.3 Å². The van der Waals surface area contributed by atoms with E-state index in [-0.39, 0.29) is 0 Å². The smallest absolute Gasteiger partial charge is 0.421 e. The van der Waals surface area contributed by atoms with Crippen LogP contribution in [0.3, 0.4) is 0 Å². The van der Waals surface area contributed by atoms with Gasteiger partial charge in [-0.15, -0.1) is 0 Å². The van der Waals surface area contributed by atoms with Crippen molar-refractivity contribution in [3.63, 3.8) is 0 Å². The Morgan fingerprint density at radius 3 is 1.74 bits per heavy atom. The Balaban J connectivity index is 0.000000582. The number of halogens is 6. The number of aryl methyl sites for hydroxylation is 2. The van der Waals surface area contributed by atoms with Crippen molar-refractivity contribution >= 4 is 20.0 Å². The van der Waals surface area contributed by atoms with E-state index in [0.717, 1.165) is 4.13 Å². The molecule has 1 heterocycles. The van der Waals surface area contributed by atoms with Gasteiger partial charge in [-0.2, -0.15) is 26.3 Å². The lowest BCUT2D eigenvalue weighted by Crippen LogP contribution is -2.37. The van der Waals surface area contributed by atoms with E-state index in [1.54, 1.807) is 0 Å². The van der Waals surface area contributed by atoms with Crippen molar-refractivity contribution in [2.45, 2.75) is 76.9 Å². The van der Waals surface area contributed by atoms with Crippen LogP contribution in [0.25, 0.3) is 4.13 Å². The fourth-order valence-electron chi connectivity index (χ4n) is 2.27. The molecule has 0 fully saturated rings. The molecular weight excluding hydrogens is 474 g/mol. The summed E-state index contributed by atoms with van der Waals surface area (Å²) in [6.45, 7) is 7.85. The number of nitrogens with zero attached hydrogens (tertiary/aromatic N) is 2. The Hall–Kier alpha value is -1.41. The number of hydrogen-bond acceptors (Lipinski definition) is 4. The van der Waals surface area contributed by atoms with Crippen molar-refractivity contribution in [1.29, 1.82) is 0 Å². The van der Waals surface area contributed by atoms with Gasteiger partial charge in [0.25, 0.3) is 0 Å². The van der Waals surface area contributed by atoms with Gasteiger partial charge in [-0.1, -0.05) is 32.6 Å². The molecule has 0 radical (unpaired) electrons. The molecule has 0 bridgehead atoms. The normalized spacial score (nSPS) is 12.9. The van der Waals surface area contributed by atoms with Crippen LogP contribution >= 0.6 is 0 Å². The molecule has 0 spiro atoms. The minimum absolute atomic E-state index is 0.778. The first kappa shape index (κ1) is 29.6.